The number of esters is 3. The van der Waals surface area contributed by atoms with Crippen LogP contribution in [-0.4, -0.2) is 99.9 Å². The fourth-order valence-electron chi connectivity index (χ4n) is 8.92. The SMILES string of the molecule is CCOC(=O)c1sc(-c2cc[n+](O)cc2)nc1Cc1ccc(Cl)cc1.CCOC(=O)c1sc(-c2ccnc(Cl)c2)nc1Cc1ccc(Cl)cc1.CCOC(=O)c1sc(-c2ccncc2)nc1Cc1ccc(Cl)cc1.N.O.O=C(O)c1sc(-c2ccnc(Cl)c2)nc1Cc1ccc(Cl)cc1.O=P(Cl)(Cl)Cl.[Li+].[OH-]. The second-order valence-corrected chi connectivity index (χ2v) is 33.9. The van der Waals surface area contributed by atoms with Gasteiger partial charge >= 0.3 is 47.9 Å². The summed E-state index contributed by atoms with van der Waals surface area (Å²) in [5, 5.41) is 21.7. The van der Waals surface area contributed by atoms with Gasteiger partial charge in [-0.1, -0.05) is 118 Å². The van der Waals surface area contributed by atoms with Gasteiger partial charge in [-0.25, -0.2) is 49.1 Å². The van der Waals surface area contributed by atoms with Crippen LogP contribution in [0.25, 0.3) is 42.3 Å². The van der Waals surface area contributed by atoms with Gasteiger partial charge in [0.15, 0.2) is 0 Å². The Hall–Kier alpha value is -7.00. The molecule has 36 heteroatoms. The predicted molar refractivity (Wildman–Crippen MR) is 419 cm³/mol. The zero-order valence-corrected chi connectivity index (χ0v) is 67.1. The molecule has 0 radical (unpaired) electrons. The predicted octanol–water partition coefficient (Wildman–Crippen LogP) is 17.4. The number of pyridine rings is 4. The molecule has 8 aromatic heterocycles. The molecule has 0 spiro atoms. The van der Waals surface area contributed by atoms with E-state index < -0.39 is 11.2 Å². The van der Waals surface area contributed by atoms with Crippen LogP contribution in [-0.2, 0) is 44.5 Å². The number of carbonyl (C=O) groups is 4. The van der Waals surface area contributed by atoms with Gasteiger partial charge in [0.2, 0.25) is 12.4 Å². The second kappa shape index (κ2) is 45.1. The van der Waals surface area contributed by atoms with Gasteiger partial charge in [-0.2, -0.15) is 0 Å². The van der Waals surface area contributed by atoms with Crippen molar-refractivity contribution in [2.45, 2.75) is 46.5 Å². The van der Waals surface area contributed by atoms with Crippen molar-refractivity contribution >= 4 is 178 Å². The molecule has 0 bridgehead atoms. The van der Waals surface area contributed by atoms with E-state index in [0.29, 0.717) is 128 Å². The summed E-state index contributed by atoms with van der Waals surface area (Å²) < 4.78 is 26.0. The Balaban J connectivity index is 0.000000289. The average molecular weight is 1710 g/mol. The molecule has 12 rings (SSSR count). The minimum atomic E-state index is -3.22. The van der Waals surface area contributed by atoms with E-state index >= 15 is 0 Å². The number of ether oxygens (including phenoxy) is 3. The van der Waals surface area contributed by atoms with Crippen molar-refractivity contribution in [1.29, 1.82) is 0 Å². The molecule has 8 N–H and O–H groups in total. The van der Waals surface area contributed by atoms with Crippen LogP contribution in [0.15, 0.2) is 183 Å². The summed E-state index contributed by atoms with van der Waals surface area (Å²) in [5.41, 5.74) is 9.91. The van der Waals surface area contributed by atoms with Gasteiger partial charge in [0.1, 0.15) is 49.8 Å². The molecule has 0 aliphatic rings. The second-order valence-electron chi connectivity index (χ2n) is 20.7. The van der Waals surface area contributed by atoms with E-state index in [1.807, 2.05) is 103 Å². The maximum atomic E-state index is 12.3. The smallest absolute Gasteiger partial charge is 0.870 e. The number of thiazole rings is 4. The van der Waals surface area contributed by atoms with Gasteiger partial charge in [0.25, 0.3) is 0 Å². The number of halogens is 9. The van der Waals surface area contributed by atoms with Crippen LogP contribution in [0.4, 0.5) is 0 Å². The van der Waals surface area contributed by atoms with E-state index in [9.17, 15) is 34.1 Å². The van der Waals surface area contributed by atoms with Gasteiger partial charge in [-0.05, 0) is 162 Å². The molecule has 8 heterocycles. The van der Waals surface area contributed by atoms with Gasteiger partial charge in [-0.15, -0.1) is 45.3 Å². The number of carboxylic acids is 1. The quantitative estimate of drug-likeness (QED) is 0.0129. The molecule has 21 nitrogen and oxygen atoms in total. The minimum absolute atomic E-state index is 0. The van der Waals surface area contributed by atoms with Crippen LogP contribution in [0, 0.1) is 0 Å². The minimum Gasteiger partial charge on any atom is -0.870 e. The fraction of sp³-hybridized carbons (Fsp3) is 0.143. The van der Waals surface area contributed by atoms with E-state index in [1.54, 1.807) is 88.0 Å². The number of rotatable bonds is 19. The van der Waals surface area contributed by atoms with Crippen molar-refractivity contribution in [2.75, 3.05) is 19.8 Å². The fourth-order valence-corrected chi connectivity index (χ4v) is 13.6. The van der Waals surface area contributed by atoms with Crippen molar-refractivity contribution in [3.05, 3.63) is 278 Å². The Labute approximate surface area is 681 Å². The number of aromatic carboxylic acids is 1. The van der Waals surface area contributed by atoms with Crippen molar-refractivity contribution in [2.24, 2.45) is 0 Å². The molecule has 0 aliphatic heterocycles. The largest absolute Gasteiger partial charge is 1.00 e. The first kappa shape index (κ1) is 91.4. The Morgan fingerprint density at radius 3 is 0.962 bits per heavy atom. The summed E-state index contributed by atoms with van der Waals surface area (Å²) in [6.45, 7) is 6.30. The molecule has 0 atom stereocenters. The van der Waals surface area contributed by atoms with Crippen LogP contribution in [0.3, 0.4) is 0 Å². The third-order valence-electron chi connectivity index (χ3n) is 13.4. The number of aromatic nitrogens is 8. The average Bonchev–Trinajstić information content (AvgIpc) is 1.69. The van der Waals surface area contributed by atoms with Crippen LogP contribution < -0.4 is 29.7 Å². The molecule has 0 saturated heterocycles. The van der Waals surface area contributed by atoms with E-state index in [2.05, 4.69) is 68.6 Å². The summed E-state index contributed by atoms with van der Waals surface area (Å²) in [6.07, 6.45) is 11.6. The molecular weight excluding hydrogens is 1640 g/mol. The molecule has 550 valence electrons. The molecule has 106 heavy (non-hydrogen) atoms. The number of hydrogen-bond acceptors (Lipinski definition) is 22. The Kier molecular flexibility index (Phi) is 38.9. The molecule has 0 unspecified atom stereocenters. The third kappa shape index (κ3) is 28.9. The topological polar surface area (TPSA) is 344 Å². The number of benzene rings is 4. The van der Waals surface area contributed by atoms with E-state index in [1.165, 1.54) is 46.4 Å². The summed E-state index contributed by atoms with van der Waals surface area (Å²) in [4.78, 5) is 80.4. The molecule has 12 aromatic rings. The molecule has 0 fully saturated rings. The standard InChI is InChI=1S/C18H14Cl2N2O2S.C18H16ClN2O3S.C18H15ClN2O2S.C16H10Cl2N2O2S.Cl3OP.Li.H3N.2H2O/c1-2-24-18(23)16-14(9-11-3-5-13(19)6-4-11)22-17(25-16)12-7-8-21-15(20)10-12;1-2-24-18(22)16-15(11-12-3-5-14(19)6-4-12)20-17(25-16)13-7-9-21(23)10-8-13;1-2-23-18(22)16-15(11-12-3-5-14(19)6-4-12)21-17(24-16)13-7-9-20-10-8-13;17-11-3-1-9(2-4-11)7-12-14(16(21)22)23-15(20-12)10-5-6-19-13(18)8-10;1-5(2,3)4;;;;/h3-8,10H,2,9H2,1H3;3-10,23H,2,11H2,1H3;3-10H,2,11H2,1H3;1-6,8H,7H2,(H,21,22);;;1H3;2*1H2/q;+1;;;;+1;;;/p-1. The van der Waals surface area contributed by atoms with Crippen LogP contribution in [0.1, 0.15) is 104 Å². The molecular formula is C70H61Cl9LiN9O12PS4+. The normalized spacial score (nSPS) is 10.3. The first-order valence-electron chi connectivity index (χ1n) is 30.1. The summed E-state index contributed by atoms with van der Waals surface area (Å²) in [6, 6.07) is 43.9. The molecule has 0 aliphatic carbocycles. The number of carbonyl (C=O) groups excluding carboxylic acids is 3. The van der Waals surface area contributed by atoms with E-state index in [0.717, 1.165) is 65.6 Å². The number of carboxylic acid groups (broad SMARTS) is 1. The summed E-state index contributed by atoms with van der Waals surface area (Å²) >= 11 is 54.4. The number of hydrogen-bond donors (Lipinski definition) is 3. The van der Waals surface area contributed by atoms with Crippen molar-refractivity contribution in [1.82, 2.24) is 41.0 Å². The monoisotopic (exact) mass is 1700 g/mol. The molecule has 4 aromatic carbocycles. The zero-order valence-electron chi connectivity index (χ0n) is 56.1. The maximum Gasteiger partial charge on any atom is 1.00 e. The van der Waals surface area contributed by atoms with E-state index in [-0.39, 0.29) is 58.7 Å². The zero-order chi connectivity index (χ0) is 73.5. The van der Waals surface area contributed by atoms with Crippen LogP contribution >= 0.6 is 154 Å². The number of nitrogens with zero attached hydrogens (tertiary/aromatic N) is 8. The van der Waals surface area contributed by atoms with Gasteiger partial charge < -0.3 is 36.4 Å². The first-order valence-corrected chi connectivity index (χ1v) is 40.0. The summed E-state index contributed by atoms with van der Waals surface area (Å²) in [5.74, 6) is -2.06. The Morgan fingerprint density at radius 1 is 0.434 bits per heavy atom. The Bertz CT molecular complexity index is 4850. The maximum absolute atomic E-state index is 12.3. The van der Waals surface area contributed by atoms with Crippen LogP contribution in [0.5, 0.6) is 0 Å². The van der Waals surface area contributed by atoms with Crippen LogP contribution in [0.2, 0.25) is 30.4 Å². The molecule has 0 amide bonds. The van der Waals surface area contributed by atoms with Gasteiger partial charge in [-0.3, -0.25) is 14.8 Å². The third-order valence-corrected chi connectivity index (χ3v) is 19.4. The van der Waals surface area contributed by atoms with Crippen molar-refractivity contribution in [3.63, 3.8) is 0 Å². The summed E-state index contributed by atoms with van der Waals surface area (Å²) in [7, 11) is 0. The Morgan fingerprint density at radius 2 is 0.689 bits per heavy atom. The molecule has 0 saturated carbocycles. The van der Waals surface area contributed by atoms with E-state index in [4.69, 9.17) is 83.8 Å². The van der Waals surface area contributed by atoms with Gasteiger partial charge in [0.05, 0.1) is 42.6 Å². The van der Waals surface area contributed by atoms with Crippen molar-refractivity contribution < 1.29 is 82.8 Å². The van der Waals surface area contributed by atoms with Crippen molar-refractivity contribution in [3.8, 4) is 42.3 Å². The van der Waals surface area contributed by atoms with Gasteiger partial charge in [0, 0.05) is 110 Å². The first-order chi connectivity index (χ1) is 48.8.